The number of carboxylic acid groups (broad SMARTS) is 1. The Kier molecular flexibility index (Phi) is 16.0. The molecule has 0 aromatic carbocycles. The summed E-state index contributed by atoms with van der Waals surface area (Å²) in [5.74, 6) is -0.754. The fourth-order valence-electron chi connectivity index (χ4n) is 1.61. The summed E-state index contributed by atoms with van der Waals surface area (Å²) in [6.07, 6.45) is 3.71. The second-order valence-corrected chi connectivity index (χ2v) is 5.42. The standard InChI is InChI=1S/C8H16O2.C7H18N2O/c1-3-5-6-7(4-2)8(9)10;1-8(2)4-5-9(3)6-7-10/h7H,3-6H2,1-2H3,(H,9,10);10H,4-7H2,1-3H3. The van der Waals surface area contributed by atoms with E-state index in [2.05, 4.69) is 16.7 Å². The molecule has 0 rings (SSSR count). The van der Waals surface area contributed by atoms with Gasteiger partial charge in [-0.1, -0.05) is 26.7 Å². The molecule has 0 heterocycles. The Bertz CT molecular complexity index is 223. The van der Waals surface area contributed by atoms with Gasteiger partial charge in [-0.15, -0.1) is 0 Å². The van der Waals surface area contributed by atoms with Crippen molar-refractivity contribution in [2.75, 3.05) is 47.4 Å². The number of unbranched alkanes of at least 4 members (excludes halogenated alkanes) is 1. The zero-order chi connectivity index (χ0) is 16.0. The summed E-state index contributed by atoms with van der Waals surface area (Å²) in [5.41, 5.74) is 0. The van der Waals surface area contributed by atoms with Crippen molar-refractivity contribution in [2.24, 2.45) is 5.92 Å². The molecular weight excluding hydrogens is 256 g/mol. The summed E-state index contributed by atoms with van der Waals surface area (Å²) in [6, 6.07) is 0. The van der Waals surface area contributed by atoms with Crippen molar-refractivity contribution in [2.45, 2.75) is 39.5 Å². The molecule has 0 bridgehead atoms. The highest BCUT2D eigenvalue weighted by Crippen LogP contribution is 2.11. The van der Waals surface area contributed by atoms with Gasteiger partial charge in [0.05, 0.1) is 12.5 Å². The van der Waals surface area contributed by atoms with Gasteiger partial charge in [-0.05, 0) is 34.0 Å². The van der Waals surface area contributed by atoms with Crippen LogP contribution in [0, 0.1) is 5.92 Å². The number of aliphatic carboxylic acids is 1. The molecule has 20 heavy (non-hydrogen) atoms. The molecule has 0 aliphatic rings. The Balaban J connectivity index is 0. The molecule has 0 aromatic heterocycles. The summed E-state index contributed by atoms with van der Waals surface area (Å²) >= 11 is 0. The van der Waals surface area contributed by atoms with Gasteiger partial charge in [-0.2, -0.15) is 0 Å². The lowest BCUT2D eigenvalue weighted by atomic mass is 10.00. The van der Waals surface area contributed by atoms with Crippen molar-refractivity contribution in [1.82, 2.24) is 9.80 Å². The maximum Gasteiger partial charge on any atom is 0.306 e. The number of carbonyl (C=O) groups is 1. The summed E-state index contributed by atoms with van der Waals surface area (Å²) in [6.45, 7) is 7.10. The summed E-state index contributed by atoms with van der Waals surface area (Å²) in [7, 11) is 6.11. The molecule has 1 atom stereocenters. The number of hydrogen-bond acceptors (Lipinski definition) is 4. The normalized spacial score (nSPS) is 12.2. The van der Waals surface area contributed by atoms with Crippen LogP contribution in [0.15, 0.2) is 0 Å². The molecular formula is C15H34N2O3. The first-order chi connectivity index (χ1) is 9.38. The third kappa shape index (κ3) is 15.4. The van der Waals surface area contributed by atoms with Crippen LogP contribution in [-0.4, -0.2) is 73.4 Å². The molecule has 5 nitrogen and oxygen atoms in total. The maximum atomic E-state index is 10.4. The molecule has 5 heteroatoms. The molecule has 0 aliphatic carbocycles. The van der Waals surface area contributed by atoms with Gasteiger partial charge in [-0.25, -0.2) is 0 Å². The van der Waals surface area contributed by atoms with Crippen LogP contribution in [0.2, 0.25) is 0 Å². The Morgan fingerprint density at radius 3 is 2.05 bits per heavy atom. The van der Waals surface area contributed by atoms with Gasteiger partial charge in [0.15, 0.2) is 0 Å². The molecule has 2 N–H and O–H groups in total. The van der Waals surface area contributed by atoms with Gasteiger partial charge in [0.1, 0.15) is 0 Å². The van der Waals surface area contributed by atoms with Crippen LogP contribution in [-0.2, 0) is 4.79 Å². The molecule has 122 valence electrons. The number of aliphatic hydroxyl groups excluding tert-OH is 1. The van der Waals surface area contributed by atoms with E-state index in [0.29, 0.717) is 0 Å². The molecule has 0 aliphatic heterocycles. The number of likely N-dealkylation sites (N-methyl/N-ethyl adjacent to an activating group) is 2. The Hall–Kier alpha value is -0.650. The van der Waals surface area contributed by atoms with Gasteiger partial charge in [0, 0.05) is 19.6 Å². The van der Waals surface area contributed by atoms with E-state index in [1.807, 2.05) is 28.1 Å². The Morgan fingerprint density at radius 2 is 1.70 bits per heavy atom. The van der Waals surface area contributed by atoms with E-state index in [4.69, 9.17) is 10.2 Å². The minimum atomic E-state index is -0.643. The second kappa shape index (κ2) is 14.8. The van der Waals surface area contributed by atoms with E-state index in [9.17, 15) is 4.79 Å². The Morgan fingerprint density at radius 1 is 1.10 bits per heavy atom. The van der Waals surface area contributed by atoms with Crippen molar-refractivity contribution in [3.05, 3.63) is 0 Å². The highest BCUT2D eigenvalue weighted by Gasteiger charge is 2.12. The van der Waals surface area contributed by atoms with Crippen LogP contribution in [0.25, 0.3) is 0 Å². The van der Waals surface area contributed by atoms with Crippen molar-refractivity contribution < 1.29 is 15.0 Å². The number of aliphatic hydroxyl groups is 1. The summed E-state index contributed by atoms with van der Waals surface area (Å²) < 4.78 is 0. The predicted molar refractivity (Wildman–Crippen MR) is 84.1 cm³/mol. The highest BCUT2D eigenvalue weighted by molar-refractivity contribution is 5.69. The molecule has 0 radical (unpaired) electrons. The van der Waals surface area contributed by atoms with E-state index in [1.165, 1.54) is 0 Å². The van der Waals surface area contributed by atoms with Crippen molar-refractivity contribution in [3.63, 3.8) is 0 Å². The second-order valence-electron chi connectivity index (χ2n) is 5.42. The van der Waals surface area contributed by atoms with E-state index < -0.39 is 5.97 Å². The van der Waals surface area contributed by atoms with Gasteiger partial charge in [0.2, 0.25) is 0 Å². The maximum absolute atomic E-state index is 10.4. The van der Waals surface area contributed by atoms with Crippen molar-refractivity contribution in [1.29, 1.82) is 0 Å². The first-order valence-electron chi connectivity index (χ1n) is 7.55. The summed E-state index contributed by atoms with van der Waals surface area (Å²) in [4.78, 5) is 14.7. The lowest BCUT2D eigenvalue weighted by Gasteiger charge is -2.17. The van der Waals surface area contributed by atoms with Crippen LogP contribution >= 0.6 is 0 Å². The largest absolute Gasteiger partial charge is 0.481 e. The van der Waals surface area contributed by atoms with Gasteiger partial charge in [0.25, 0.3) is 0 Å². The molecule has 0 saturated carbocycles. The zero-order valence-electron chi connectivity index (χ0n) is 13.9. The number of rotatable bonds is 10. The van der Waals surface area contributed by atoms with Crippen LogP contribution in [0.3, 0.4) is 0 Å². The third-order valence-electron chi connectivity index (χ3n) is 3.16. The lowest BCUT2D eigenvalue weighted by molar-refractivity contribution is -0.142. The van der Waals surface area contributed by atoms with Crippen LogP contribution in [0.4, 0.5) is 0 Å². The summed E-state index contributed by atoms with van der Waals surface area (Å²) in [5, 5.41) is 17.1. The first kappa shape index (κ1) is 21.6. The van der Waals surface area contributed by atoms with E-state index >= 15 is 0 Å². The average Bonchev–Trinajstić information content (AvgIpc) is 2.38. The molecule has 0 amide bonds. The van der Waals surface area contributed by atoms with Crippen LogP contribution in [0.1, 0.15) is 39.5 Å². The van der Waals surface area contributed by atoms with E-state index in [0.717, 1.165) is 45.3 Å². The monoisotopic (exact) mass is 290 g/mol. The molecule has 0 fully saturated rings. The molecule has 1 unspecified atom stereocenters. The Labute approximate surface area is 124 Å². The molecule has 0 aromatic rings. The minimum Gasteiger partial charge on any atom is -0.481 e. The number of hydrogen-bond donors (Lipinski definition) is 2. The predicted octanol–water partition coefficient (Wildman–Crippen LogP) is 1.76. The smallest absolute Gasteiger partial charge is 0.306 e. The van der Waals surface area contributed by atoms with Gasteiger partial charge in [-0.3, -0.25) is 4.79 Å². The lowest BCUT2D eigenvalue weighted by Crippen LogP contribution is -2.30. The first-order valence-corrected chi connectivity index (χ1v) is 7.55. The van der Waals surface area contributed by atoms with E-state index in [-0.39, 0.29) is 12.5 Å². The van der Waals surface area contributed by atoms with Crippen LogP contribution in [0.5, 0.6) is 0 Å². The fraction of sp³-hybridized carbons (Fsp3) is 0.933. The van der Waals surface area contributed by atoms with Gasteiger partial charge < -0.3 is 20.0 Å². The average molecular weight is 290 g/mol. The highest BCUT2D eigenvalue weighted by atomic mass is 16.4. The van der Waals surface area contributed by atoms with Crippen molar-refractivity contribution in [3.8, 4) is 0 Å². The number of carboxylic acids is 1. The van der Waals surface area contributed by atoms with Crippen LogP contribution < -0.4 is 0 Å². The SMILES string of the molecule is CCCCC(CC)C(=O)O.CN(C)CCN(C)CCO. The quantitative estimate of drug-likeness (QED) is 0.642. The van der Waals surface area contributed by atoms with Gasteiger partial charge >= 0.3 is 5.97 Å². The third-order valence-corrected chi connectivity index (χ3v) is 3.16. The number of nitrogens with zero attached hydrogens (tertiary/aromatic N) is 2. The molecule has 0 saturated heterocycles. The molecule has 0 spiro atoms. The van der Waals surface area contributed by atoms with E-state index in [1.54, 1.807) is 0 Å². The minimum absolute atomic E-state index is 0.111. The van der Waals surface area contributed by atoms with Crippen molar-refractivity contribution >= 4 is 5.97 Å². The topological polar surface area (TPSA) is 64.0 Å². The zero-order valence-corrected chi connectivity index (χ0v) is 13.9. The fourth-order valence-corrected chi connectivity index (χ4v) is 1.61.